The molecule has 0 bridgehead atoms. The molecular formula is C17H24O. The zero-order valence-corrected chi connectivity index (χ0v) is 11.6. The second kappa shape index (κ2) is 6.08. The van der Waals surface area contributed by atoms with E-state index in [1.54, 1.807) is 0 Å². The summed E-state index contributed by atoms with van der Waals surface area (Å²) in [5.74, 6) is 2.21. The number of benzene rings is 1. The van der Waals surface area contributed by atoms with Crippen LogP contribution in [0.3, 0.4) is 0 Å². The third kappa shape index (κ3) is 3.38. The molecule has 1 nitrogen and oxygen atoms in total. The first-order valence-corrected chi connectivity index (χ1v) is 7.14. The second-order valence-electron chi connectivity index (χ2n) is 5.34. The summed E-state index contributed by atoms with van der Waals surface area (Å²) >= 11 is 0. The molecule has 1 atom stereocenters. The normalized spacial score (nSPS) is 16.3. The maximum atomic E-state index is 5.87. The van der Waals surface area contributed by atoms with Gasteiger partial charge in [-0.15, -0.1) is 6.58 Å². The molecule has 98 valence electrons. The number of allylic oxidation sites excluding steroid dienone is 1. The number of unbranched alkanes of at least 4 members (excludes halogenated alkanes) is 1. The molecule has 1 heteroatoms. The van der Waals surface area contributed by atoms with Gasteiger partial charge >= 0.3 is 0 Å². The Hall–Kier alpha value is -1.24. The standard InChI is InChI=1S/C17H24O/c1-4-6-9-18-17-11-15(13(3)5-2)10-16(12-17)14-7-8-14/h5,10-14H,2,4,6-9H2,1,3H3. The molecule has 18 heavy (non-hydrogen) atoms. The van der Waals surface area contributed by atoms with Gasteiger partial charge < -0.3 is 4.74 Å². The Morgan fingerprint density at radius 2 is 2.17 bits per heavy atom. The minimum Gasteiger partial charge on any atom is -0.494 e. The number of ether oxygens (including phenoxy) is 1. The summed E-state index contributed by atoms with van der Waals surface area (Å²) < 4.78 is 5.87. The van der Waals surface area contributed by atoms with Crippen LogP contribution in [0.2, 0.25) is 0 Å². The number of hydrogen-bond donors (Lipinski definition) is 0. The zero-order chi connectivity index (χ0) is 13.0. The Balaban J connectivity index is 2.16. The summed E-state index contributed by atoms with van der Waals surface area (Å²) in [6.45, 7) is 9.10. The highest BCUT2D eigenvalue weighted by atomic mass is 16.5. The van der Waals surface area contributed by atoms with Gasteiger partial charge in [0.1, 0.15) is 5.75 Å². The predicted molar refractivity (Wildman–Crippen MR) is 77.4 cm³/mol. The summed E-state index contributed by atoms with van der Waals surface area (Å²) in [4.78, 5) is 0. The van der Waals surface area contributed by atoms with Gasteiger partial charge in [-0.3, -0.25) is 0 Å². The quantitative estimate of drug-likeness (QED) is 0.482. The van der Waals surface area contributed by atoms with Gasteiger partial charge in [-0.25, -0.2) is 0 Å². The van der Waals surface area contributed by atoms with Crippen LogP contribution in [0, 0.1) is 0 Å². The highest BCUT2D eigenvalue weighted by molar-refractivity contribution is 5.40. The van der Waals surface area contributed by atoms with Crippen molar-refractivity contribution in [3.63, 3.8) is 0 Å². The van der Waals surface area contributed by atoms with Crippen LogP contribution >= 0.6 is 0 Å². The van der Waals surface area contributed by atoms with Crippen molar-refractivity contribution in [2.75, 3.05) is 6.61 Å². The minimum atomic E-state index is 0.400. The first-order chi connectivity index (χ1) is 8.74. The minimum absolute atomic E-state index is 0.400. The molecule has 1 aliphatic rings. The summed E-state index contributed by atoms with van der Waals surface area (Å²) in [5.41, 5.74) is 2.79. The van der Waals surface area contributed by atoms with Crippen LogP contribution in [0.1, 0.15) is 62.5 Å². The van der Waals surface area contributed by atoms with E-state index in [4.69, 9.17) is 4.74 Å². The van der Waals surface area contributed by atoms with Crippen LogP contribution < -0.4 is 4.74 Å². The molecule has 0 saturated heterocycles. The lowest BCUT2D eigenvalue weighted by Crippen LogP contribution is -1.99. The Morgan fingerprint density at radius 1 is 1.39 bits per heavy atom. The Kier molecular flexibility index (Phi) is 4.46. The van der Waals surface area contributed by atoms with E-state index < -0.39 is 0 Å². The molecule has 1 saturated carbocycles. The van der Waals surface area contributed by atoms with Crippen LogP contribution in [0.15, 0.2) is 30.9 Å². The van der Waals surface area contributed by atoms with E-state index in [9.17, 15) is 0 Å². The maximum Gasteiger partial charge on any atom is 0.119 e. The Bertz CT molecular complexity index is 404. The Labute approximate surface area is 111 Å². The van der Waals surface area contributed by atoms with E-state index in [1.807, 2.05) is 6.08 Å². The van der Waals surface area contributed by atoms with Crippen LogP contribution in [0.4, 0.5) is 0 Å². The zero-order valence-electron chi connectivity index (χ0n) is 11.6. The lowest BCUT2D eigenvalue weighted by Gasteiger charge is -2.13. The van der Waals surface area contributed by atoms with Gasteiger partial charge in [-0.2, -0.15) is 0 Å². The number of hydrogen-bond acceptors (Lipinski definition) is 1. The lowest BCUT2D eigenvalue weighted by atomic mass is 9.97. The average Bonchev–Trinajstić information content (AvgIpc) is 3.22. The van der Waals surface area contributed by atoms with Crippen molar-refractivity contribution in [1.29, 1.82) is 0 Å². The summed E-state index contributed by atoms with van der Waals surface area (Å²) in [6.07, 6.45) is 6.97. The van der Waals surface area contributed by atoms with E-state index in [1.165, 1.54) is 30.4 Å². The van der Waals surface area contributed by atoms with Gasteiger partial charge in [0.05, 0.1) is 6.61 Å². The monoisotopic (exact) mass is 244 g/mol. The molecule has 0 radical (unpaired) electrons. The van der Waals surface area contributed by atoms with Crippen molar-refractivity contribution < 1.29 is 4.74 Å². The molecular weight excluding hydrogens is 220 g/mol. The third-order valence-electron chi connectivity index (χ3n) is 3.65. The van der Waals surface area contributed by atoms with Gasteiger partial charge in [0, 0.05) is 0 Å². The molecule has 1 unspecified atom stereocenters. The van der Waals surface area contributed by atoms with Crippen molar-refractivity contribution in [2.45, 2.75) is 51.4 Å². The fraction of sp³-hybridized carbons (Fsp3) is 0.529. The van der Waals surface area contributed by atoms with Crippen molar-refractivity contribution in [2.24, 2.45) is 0 Å². The summed E-state index contributed by atoms with van der Waals surface area (Å²) in [5, 5.41) is 0. The average molecular weight is 244 g/mol. The summed E-state index contributed by atoms with van der Waals surface area (Å²) in [6, 6.07) is 6.73. The molecule has 0 N–H and O–H groups in total. The number of rotatable bonds is 7. The second-order valence-corrected chi connectivity index (χ2v) is 5.34. The molecule has 0 amide bonds. The van der Waals surface area contributed by atoms with E-state index >= 15 is 0 Å². The highest BCUT2D eigenvalue weighted by Gasteiger charge is 2.24. The molecule has 1 fully saturated rings. The van der Waals surface area contributed by atoms with E-state index in [0.29, 0.717) is 5.92 Å². The van der Waals surface area contributed by atoms with Crippen molar-refractivity contribution in [3.05, 3.63) is 42.0 Å². The maximum absolute atomic E-state index is 5.87. The van der Waals surface area contributed by atoms with Gasteiger partial charge in [-0.05, 0) is 54.4 Å². The van der Waals surface area contributed by atoms with E-state index in [-0.39, 0.29) is 0 Å². The smallest absolute Gasteiger partial charge is 0.119 e. The first-order valence-electron chi connectivity index (χ1n) is 7.14. The van der Waals surface area contributed by atoms with Gasteiger partial charge in [0.2, 0.25) is 0 Å². The molecule has 0 spiro atoms. The van der Waals surface area contributed by atoms with Crippen molar-refractivity contribution >= 4 is 0 Å². The highest BCUT2D eigenvalue weighted by Crippen LogP contribution is 2.42. The van der Waals surface area contributed by atoms with Crippen LogP contribution in [0.25, 0.3) is 0 Å². The largest absolute Gasteiger partial charge is 0.494 e. The van der Waals surface area contributed by atoms with E-state index in [0.717, 1.165) is 24.7 Å². The molecule has 0 aliphatic heterocycles. The molecule has 1 aromatic rings. The van der Waals surface area contributed by atoms with Gasteiger partial charge in [0.15, 0.2) is 0 Å². The lowest BCUT2D eigenvalue weighted by molar-refractivity contribution is 0.308. The topological polar surface area (TPSA) is 9.23 Å². The van der Waals surface area contributed by atoms with Crippen LogP contribution in [-0.4, -0.2) is 6.61 Å². The molecule has 1 aromatic carbocycles. The summed E-state index contributed by atoms with van der Waals surface area (Å²) in [7, 11) is 0. The Morgan fingerprint density at radius 3 is 2.78 bits per heavy atom. The van der Waals surface area contributed by atoms with Gasteiger partial charge in [0.25, 0.3) is 0 Å². The molecule has 2 rings (SSSR count). The van der Waals surface area contributed by atoms with Crippen molar-refractivity contribution in [3.8, 4) is 5.75 Å². The van der Waals surface area contributed by atoms with Crippen LogP contribution in [-0.2, 0) is 0 Å². The predicted octanol–water partition coefficient (Wildman–Crippen LogP) is 5.03. The van der Waals surface area contributed by atoms with E-state index in [2.05, 4.69) is 38.6 Å². The van der Waals surface area contributed by atoms with Gasteiger partial charge in [-0.1, -0.05) is 32.4 Å². The molecule has 0 aromatic heterocycles. The fourth-order valence-electron chi connectivity index (χ4n) is 2.12. The third-order valence-corrected chi connectivity index (χ3v) is 3.65. The fourth-order valence-corrected chi connectivity index (χ4v) is 2.12. The molecule has 0 heterocycles. The molecule has 1 aliphatic carbocycles. The first kappa shape index (κ1) is 13.2. The van der Waals surface area contributed by atoms with Crippen molar-refractivity contribution in [1.82, 2.24) is 0 Å². The SMILES string of the molecule is C=CC(C)c1cc(OCCCC)cc(C2CC2)c1. The van der Waals surface area contributed by atoms with Crippen LogP contribution in [0.5, 0.6) is 5.75 Å².